The Hall–Kier alpha value is 0.807. The molecule has 0 radical (unpaired) electrons. The average Bonchev–Trinajstić information content (AvgIpc) is 2.54. The number of thioether (sulfide) groups is 2. The number of hydrogen-bond donors (Lipinski definition) is 0. The standard InChI is InChI=1S/C12H25O3PS2Si/c1-6-14-16(13,15-7-2)11-12(19(3,4)5)18-10-8-9-17-11/h6-10H2,1-5H3. The summed E-state index contributed by atoms with van der Waals surface area (Å²) in [6.07, 6.45) is 1.14. The van der Waals surface area contributed by atoms with Crippen LogP contribution in [0.5, 0.6) is 0 Å². The van der Waals surface area contributed by atoms with Gasteiger partial charge >= 0.3 is 7.60 Å². The maximum absolute atomic E-state index is 13.1. The molecule has 7 heteroatoms. The van der Waals surface area contributed by atoms with Crippen molar-refractivity contribution in [2.24, 2.45) is 0 Å². The van der Waals surface area contributed by atoms with Crippen LogP contribution < -0.4 is 0 Å². The van der Waals surface area contributed by atoms with Crippen LogP contribution in [-0.2, 0) is 13.6 Å². The van der Waals surface area contributed by atoms with Crippen molar-refractivity contribution in [2.45, 2.75) is 39.9 Å². The van der Waals surface area contributed by atoms with E-state index in [-0.39, 0.29) is 0 Å². The van der Waals surface area contributed by atoms with Crippen LogP contribution in [-0.4, -0.2) is 32.8 Å². The largest absolute Gasteiger partial charge is 0.367 e. The zero-order chi connectivity index (χ0) is 14.5. The topological polar surface area (TPSA) is 35.5 Å². The lowest BCUT2D eigenvalue weighted by Gasteiger charge is -2.26. The first-order chi connectivity index (χ1) is 8.85. The van der Waals surface area contributed by atoms with Gasteiger partial charge in [0.15, 0.2) is 0 Å². The molecule has 0 saturated carbocycles. The summed E-state index contributed by atoms with van der Waals surface area (Å²) >= 11 is 3.55. The van der Waals surface area contributed by atoms with Crippen molar-refractivity contribution >= 4 is 39.2 Å². The first-order valence-corrected chi connectivity index (χ1v) is 13.8. The van der Waals surface area contributed by atoms with Gasteiger partial charge in [0.25, 0.3) is 0 Å². The monoisotopic (exact) mass is 340 g/mol. The summed E-state index contributed by atoms with van der Waals surface area (Å²) in [5, 5.41) is 0. The lowest BCUT2D eigenvalue weighted by molar-refractivity contribution is 0.228. The Kier molecular flexibility index (Phi) is 7.25. The van der Waals surface area contributed by atoms with Gasteiger partial charge < -0.3 is 9.05 Å². The second kappa shape index (κ2) is 7.71. The lowest BCUT2D eigenvalue weighted by Crippen LogP contribution is -2.23. The van der Waals surface area contributed by atoms with Gasteiger partial charge in [-0.25, -0.2) is 0 Å². The molecule has 1 heterocycles. The smallest absolute Gasteiger partial charge is 0.305 e. The fourth-order valence-electron chi connectivity index (χ4n) is 1.76. The van der Waals surface area contributed by atoms with Crippen LogP contribution in [0.25, 0.3) is 0 Å². The van der Waals surface area contributed by atoms with E-state index in [4.69, 9.17) is 9.05 Å². The van der Waals surface area contributed by atoms with Gasteiger partial charge in [-0.15, -0.1) is 23.5 Å². The van der Waals surface area contributed by atoms with Gasteiger partial charge in [0.05, 0.1) is 21.3 Å². The summed E-state index contributed by atoms with van der Waals surface area (Å²) in [4.78, 5) is 0. The molecule has 0 saturated heterocycles. The average molecular weight is 341 g/mol. The van der Waals surface area contributed by atoms with Crippen molar-refractivity contribution in [3.63, 3.8) is 0 Å². The maximum Gasteiger partial charge on any atom is 0.367 e. The predicted molar refractivity (Wildman–Crippen MR) is 90.8 cm³/mol. The third-order valence-electron chi connectivity index (χ3n) is 2.50. The highest BCUT2D eigenvalue weighted by Crippen LogP contribution is 2.64. The first kappa shape index (κ1) is 17.9. The Bertz CT molecular complexity index is 370. The van der Waals surface area contributed by atoms with E-state index in [1.54, 1.807) is 11.8 Å². The molecule has 19 heavy (non-hydrogen) atoms. The normalized spacial score (nSPS) is 18.6. The highest BCUT2D eigenvalue weighted by Gasteiger charge is 2.38. The molecule has 3 nitrogen and oxygen atoms in total. The third kappa shape index (κ3) is 4.94. The van der Waals surface area contributed by atoms with Gasteiger partial charge in [-0.1, -0.05) is 19.6 Å². The Morgan fingerprint density at radius 2 is 1.63 bits per heavy atom. The van der Waals surface area contributed by atoms with Gasteiger partial charge in [-0.05, 0) is 36.3 Å². The highest BCUT2D eigenvalue weighted by molar-refractivity contribution is 8.13. The van der Waals surface area contributed by atoms with Gasteiger partial charge in [0.2, 0.25) is 0 Å². The summed E-state index contributed by atoms with van der Waals surface area (Å²) in [5.74, 6) is 2.11. The summed E-state index contributed by atoms with van der Waals surface area (Å²) in [6.45, 7) is 11.5. The van der Waals surface area contributed by atoms with Crippen molar-refractivity contribution in [1.82, 2.24) is 0 Å². The van der Waals surface area contributed by atoms with E-state index in [9.17, 15) is 4.57 Å². The van der Waals surface area contributed by atoms with E-state index < -0.39 is 15.7 Å². The van der Waals surface area contributed by atoms with Crippen LogP contribution in [0.4, 0.5) is 0 Å². The number of rotatable bonds is 6. The van der Waals surface area contributed by atoms with Crippen molar-refractivity contribution in [1.29, 1.82) is 0 Å². The quantitative estimate of drug-likeness (QED) is 0.492. The lowest BCUT2D eigenvalue weighted by atomic mass is 10.6. The zero-order valence-electron chi connectivity index (χ0n) is 12.5. The molecule has 0 aromatic rings. The maximum atomic E-state index is 13.1. The van der Waals surface area contributed by atoms with Crippen molar-refractivity contribution in [3.8, 4) is 0 Å². The molecule has 1 aliphatic heterocycles. The molecular weight excluding hydrogens is 315 g/mol. The summed E-state index contributed by atoms with van der Waals surface area (Å²) in [6, 6.07) is 0. The van der Waals surface area contributed by atoms with Crippen LogP contribution in [0.2, 0.25) is 19.6 Å². The van der Waals surface area contributed by atoms with E-state index in [0.717, 1.165) is 22.6 Å². The number of hydrogen-bond acceptors (Lipinski definition) is 5. The molecule has 1 aliphatic rings. The molecule has 0 fully saturated rings. The Morgan fingerprint density at radius 3 is 2.11 bits per heavy atom. The van der Waals surface area contributed by atoms with E-state index in [0.29, 0.717) is 13.2 Å². The second-order valence-corrected chi connectivity index (χ2v) is 15.1. The minimum Gasteiger partial charge on any atom is -0.305 e. The van der Waals surface area contributed by atoms with Crippen LogP contribution in [0.1, 0.15) is 20.3 Å². The van der Waals surface area contributed by atoms with Crippen LogP contribution in [0, 0.1) is 0 Å². The molecular formula is C12H25O3PS2Si. The second-order valence-electron chi connectivity index (χ2n) is 5.27. The Morgan fingerprint density at radius 1 is 1.11 bits per heavy atom. The fraction of sp³-hybridized carbons (Fsp3) is 0.833. The molecule has 0 aromatic heterocycles. The minimum atomic E-state index is -3.12. The summed E-state index contributed by atoms with van der Waals surface area (Å²) in [7, 11) is -4.65. The summed E-state index contributed by atoms with van der Waals surface area (Å²) < 4.78 is 26.4. The van der Waals surface area contributed by atoms with Crippen LogP contribution >= 0.6 is 31.1 Å². The zero-order valence-corrected chi connectivity index (χ0v) is 16.1. The van der Waals surface area contributed by atoms with E-state index in [2.05, 4.69) is 19.6 Å². The van der Waals surface area contributed by atoms with E-state index >= 15 is 0 Å². The molecule has 0 bridgehead atoms. The molecule has 0 amide bonds. The first-order valence-electron chi connectivity index (χ1n) is 6.75. The molecule has 1 rings (SSSR count). The van der Waals surface area contributed by atoms with Gasteiger partial charge in [0.1, 0.15) is 4.65 Å². The predicted octanol–water partition coefficient (Wildman–Crippen LogP) is 5.17. The fourth-order valence-corrected chi connectivity index (χ4v) is 11.8. The van der Waals surface area contributed by atoms with Crippen molar-refractivity contribution in [3.05, 3.63) is 9.17 Å². The Labute approximate surface area is 126 Å². The highest BCUT2D eigenvalue weighted by atomic mass is 32.2. The summed E-state index contributed by atoms with van der Waals surface area (Å²) in [5.41, 5.74) is 0. The third-order valence-corrected chi connectivity index (χ3v) is 12.0. The molecule has 0 spiro atoms. The van der Waals surface area contributed by atoms with Crippen molar-refractivity contribution in [2.75, 3.05) is 24.7 Å². The minimum absolute atomic E-state index is 0.422. The van der Waals surface area contributed by atoms with E-state index in [1.165, 1.54) is 4.53 Å². The molecule has 112 valence electrons. The van der Waals surface area contributed by atoms with Crippen LogP contribution in [0.15, 0.2) is 9.17 Å². The van der Waals surface area contributed by atoms with E-state index in [1.807, 2.05) is 25.6 Å². The van der Waals surface area contributed by atoms with Gasteiger partial charge in [0, 0.05) is 0 Å². The molecule has 0 N–H and O–H groups in total. The SMILES string of the molecule is CCOP(=O)(OCC)C1=C([Si](C)(C)C)SCCCS1. The van der Waals surface area contributed by atoms with Gasteiger partial charge in [-0.3, -0.25) is 4.57 Å². The Balaban J connectivity index is 3.26. The molecule has 0 atom stereocenters. The molecule has 0 aromatic carbocycles. The van der Waals surface area contributed by atoms with Gasteiger partial charge in [-0.2, -0.15) is 0 Å². The van der Waals surface area contributed by atoms with Crippen LogP contribution in [0.3, 0.4) is 0 Å². The van der Waals surface area contributed by atoms with Crippen molar-refractivity contribution < 1.29 is 13.6 Å². The molecule has 0 aliphatic carbocycles. The molecule has 0 unspecified atom stereocenters.